The van der Waals surface area contributed by atoms with Gasteiger partial charge in [0, 0.05) is 27.7 Å². The summed E-state index contributed by atoms with van der Waals surface area (Å²) in [5.41, 5.74) is 10.6. The number of ether oxygens (including phenoxy) is 8. The number of esters is 8. The second-order valence-corrected chi connectivity index (χ2v) is 26.3. The second kappa shape index (κ2) is 44.8. The van der Waals surface area contributed by atoms with Gasteiger partial charge in [0.25, 0.3) is 0 Å². The Labute approximate surface area is 615 Å². The molecule has 104 heavy (non-hydrogen) atoms. The normalized spacial score (nSPS) is 16.8. The first-order valence-corrected chi connectivity index (χ1v) is 35.9. The lowest BCUT2D eigenvalue weighted by molar-refractivity contribution is -0.145. The van der Waals surface area contributed by atoms with E-state index in [-0.39, 0.29) is 65.5 Å². The Hall–Kier alpha value is -10.5. The van der Waals surface area contributed by atoms with Crippen LogP contribution in [0.1, 0.15) is 182 Å². The molecule has 11 rings (SSSR count). The minimum absolute atomic E-state index is 0.0549. The van der Waals surface area contributed by atoms with Gasteiger partial charge in [0.1, 0.15) is 40.2 Å². The first kappa shape index (κ1) is 84.2. The van der Waals surface area contributed by atoms with Crippen LogP contribution in [0.25, 0.3) is 11.1 Å². The Morgan fingerprint density at radius 1 is 0.279 bits per heavy atom. The van der Waals surface area contributed by atoms with E-state index in [0.717, 1.165) is 48.6 Å². The van der Waals surface area contributed by atoms with Crippen LogP contribution in [0.2, 0.25) is 0 Å². The van der Waals surface area contributed by atoms with Crippen molar-refractivity contribution in [3.63, 3.8) is 0 Å². The molecule has 0 N–H and O–H groups in total. The second-order valence-electron chi connectivity index (χ2n) is 26.3. The minimum atomic E-state index is -0.384. The van der Waals surface area contributed by atoms with E-state index in [1.807, 2.05) is 95.3 Å². The van der Waals surface area contributed by atoms with Crippen LogP contribution in [-0.4, -0.2) is 54.9 Å². The van der Waals surface area contributed by atoms with Crippen molar-refractivity contribution < 1.29 is 76.3 Å². The number of hydrogen-bond acceptors (Lipinski definition) is 16. The molecule has 3 fully saturated rings. The molecule has 0 unspecified atom stereocenters. The summed E-state index contributed by atoms with van der Waals surface area (Å²) in [7, 11) is 1.42. The minimum Gasteiger partial charge on any atom is -0.465 e. The summed E-state index contributed by atoms with van der Waals surface area (Å²) in [6, 6.07) is 60.1. The van der Waals surface area contributed by atoms with Gasteiger partial charge >= 0.3 is 47.8 Å². The van der Waals surface area contributed by atoms with Crippen LogP contribution in [0, 0.1) is 64.2 Å². The van der Waals surface area contributed by atoms with E-state index in [0.29, 0.717) is 77.4 Å². The molecule has 3 saturated carbocycles. The lowest BCUT2D eigenvalue weighted by atomic mass is 9.79. The van der Waals surface area contributed by atoms with Gasteiger partial charge in [-0.2, -0.15) is 0 Å². The predicted octanol–water partition coefficient (Wildman–Crippen LogP) is 20.2. The summed E-state index contributed by atoms with van der Waals surface area (Å²) in [6.45, 7) is 24.1. The maximum atomic E-state index is 12.3. The summed E-state index contributed by atoms with van der Waals surface area (Å²) in [4.78, 5) is 90.2. The fourth-order valence-corrected chi connectivity index (χ4v) is 11.4. The first-order valence-electron chi connectivity index (χ1n) is 35.9. The average Bonchev–Trinajstić information content (AvgIpc) is 0.859. The molecule has 8 aromatic carbocycles. The highest BCUT2D eigenvalue weighted by molar-refractivity contribution is 5.89. The molecule has 0 aliphatic heterocycles. The summed E-state index contributed by atoms with van der Waals surface area (Å²) >= 11 is 0. The first-order chi connectivity index (χ1) is 49.8. The van der Waals surface area contributed by atoms with Gasteiger partial charge < -0.3 is 37.9 Å². The number of benzene rings is 8. The third kappa shape index (κ3) is 31.8. The number of methoxy groups -OCH3 is 1. The van der Waals surface area contributed by atoms with Crippen molar-refractivity contribution in [2.24, 2.45) is 29.6 Å². The molecule has 16 nitrogen and oxygen atoms in total. The van der Waals surface area contributed by atoms with E-state index >= 15 is 0 Å². The van der Waals surface area contributed by atoms with Crippen molar-refractivity contribution >= 4 is 47.8 Å². The summed E-state index contributed by atoms with van der Waals surface area (Å²) in [5, 5.41) is 0. The molecule has 0 bridgehead atoms. The zero-order valence-corrected chi connectivity index (χ0v) is 63.0. The van der Waals surface area contributed by atoms with Gasteiger partial charge in [0.15, 0.2) is 0 Å². The molecule has 0 spiro atoms. The van der Waals surface area contributed by atoms with Crippen LogP contribution in [0.3, 0.4) is 0 Å². The fraction of sp³-hybridized carbons (Fsp3) is 0.364. The molecule has 0 atom stereocenters. The van der Waals surface area contributed by atoms with Gasteiger partial charge in [-0.1, -0.05) is 165 Å². The van der Waals surface area contributed by atoms with Crippen molar-refractivity contribution in [3.8, 4) is 51.4 Å². The van der Waals surface area contributed by atoms with Gasteiger partial charge in [-0.25, -0.2) is 4.79 Å². The van der Waals surface area contributed by atoms with E-state index in [1.54, 1.807) is 72.8 Å². The molecule has 16 heteroatoms. The molecule has 8 aromatic rings. The highest BCUT2D eigenvalue weighted by atomic mass is 16.6. The van der Waals surface area contributed by atoms with Crippen molar-refractivity contribution in [1.29, 1.82) is 0 Å². The lowest BCUT2D eigenvalue weighted by Crippen LogP contribution is -2.30. The Bertz CT molecular complexity index is 3660. The van der Waals surface area contributed by atoms with Crippen LogP contribution in [0.4, 0.5) is 0 Å². The van der Waals surface area contributed by atoms with E-state index in [9.17, 15) is 38.4 Å². The van der Waals surface area contributed by atoms with Crippen molar-refractivity contribution in [2.75, 3.05) is 7.11 Å². The third-order valence-electron chi connectivity index (χ3n) is 17.4. The zero-order valence-electron chi connectivity index (χ0n) is 63.0. The Balaban J connectivity index is 0.000000227. The van der Waals surface area contributed by atoms with Crippen LogP contribution in [-0.2, 0) is 38.3 Å². The molecule has 0 saturated heterocycles. The molecular formula is C88H104O16. The van der Waals surface area contributed by atoms with Crippen LogP contribution < -0.4 is 33.2 Å². The lowest BCUT2D eigenvalue weighted by Gasteiger charge is -2.26. The van der Waals surface area contributed by atoms with Gasteiger partial charge in [-0.05, 0) is 230 Å². The molecular weight excluding hydrogens is 1310 g/mol. The maximum Gasteiger partial charge on any atom is 0.337 e. The molecule has 3 aliphatic rings. The third-order valence-corrected chi connectivity index (χ3v) is 17.4. The molecule has 552 valence electrons. The van der Waals surface area contributed by atoms with E-state index < -0.39 is 0 Å². The number of carbonyl (C=O) groups excluding carboxylic acids is 8. The Morgan fingerprint density at radius 2 is 0.490 bits per heavy atom. The molecule has 0 amide bonds. The molecule has 0 aromatic heterocycles. The summed E-state index contributed by atoms with van der Waals surface area (Å²) < 4.78 is 40.2. The van der Waals surface area contributed by atoms with Gasteiger partial charge in [-0.15, -0.1) is 0 Å². The molecule has 0 heterocycles. The predicted molar refractivity (Wildman–Crippen MR) is 406 cm³/mol. The van der Waals surface area contributed by atoms with Crippen LogP contribution >= 0.6 is 0 Å². The number of hydrogen-bond donors (Lipinski definition) is 0. The monoisotopic (exact) mass is 1420 g/mol. The number of carbonyl (C=O) groups is 8. The van der Waals surface area contributed by atoms with Crippen molar-refractivity contribution in [2.45, 2.75) is 173 Å². The summed E-state index contributed by atoms with van der Waals surface area (Å²) in [6.07, 6.45) is 12.1. The van der Waals surface area contributed by atoms with E-state index in [2.05, 4.69) is 88.4 Å². The highest BCUT2D eigenvalue weighted by Gasteiger charge is 2.32. The highest BCUT2D eigenvalue weighted by Crippen LogP contribution is 2.36. The van der Waals surface area contributed by atoms with Gasteiger partial charge in [-0.3, -0.25) is 33.6 Å². The number of aryl methyl sites for hydroxylation is 5. The standard InChI is InChI=1S/C22H24O4.2C15H20O2.C14H14.2C10H10O4.C2H6/c1-15-3-11-19(12-4-15)25-21(23)17-7-9-18(10-8-17)22(24)26-20-13-5-16(2)6-14-20;1-11-3-7-13(8-4-11)15(16)17-14-9-5-12(2)6-10-14;1-11-3-5-12(6-4-11)13-7-9-14(10-8-13)15(16)17-2;1-11-3-7-13(8-4-11)14-9-5-12(2)6-10-14;2*1-7(11)13-9-3-5-10(6-4-9)14-8(2)12;1-2/h3-6,11-14,17-18H,7-10H2,1-2H3;5-6,9-11,13H,3-4,7-8H2,1-2H3;7-12H,3-6H2,1-2H3;3-10H,1-2H3;2*3-6H,1-2H3;1-2H3. The topological polar surface area (TPSA) is 210 Å². The smallest absolute Gasteiger partial charge is 0.337 e. The summed E-state index contributed by atoms with van der Waals surface area (Å²) in [5.74, 6) is 3.36. The largest absolute Gasteiger partial charge is 0.465 e. The van der Waals surface area contributed by atoms with Crippen molar-refractivity contribution in [3.05, 3.63) is 233 Å². The molecule has 0 radical (unpaired) electrons. The quantitative estimate of drug-likeness (QED) is 0.0776. The zero-order chi connectivity index (χ0) is 76.1. The van der Waals surface area contributed by atoms with Gasteiger partial charge in [0.2, 0.25) is 0 Å². The fourth-order valence-electron chi connectivity index (χ4n) is 11.4. The van der Waals surface area contributed by atoms with E-state index in [1.165, 1.54) is 93.9 Å². The molecule has 3 aliphatic carbocycles. The van der Waals surface area contributed by atoms with Gasteiger partial charge in [0.05, 0.1) is 30.4 Å². The Morgan fingerprint density at radius 3 is 0.731 bits per heavy atom. The number of rotatable bonds is 13. The maximum absolute atomic E-state index is 12.3. The Kier molecular flexibility index (Phi) is 36.3. The van der Waals surface area contributed by atoms with Crippen molar-refractivity contribution in [1.82, 2.24) is 0 Å². The van der Waals surface area contributed by atoms with Crippen LogP contribution in [0.15, 0.2) is 194 Å². The average molecular weight is 1420 g/mol. The SMILES string of the molecule is CC.CC(=O)Oc1ccc(OC(C)=O)cc1.CC(=O)Oc1ccc(OC(C)=O)cc1.COC(=O)c1ccc(C2CCC(C)CC2)cc1.Cc1ccc(-c2ccc(C)cc2)cc1.Cc1ccc(OC(=O)C2CCC(C(=O)Oc3ccc(C)cc3)CC2)cc1.Cc1ccc(OC(=O)C2CCC(C)CC2)cc1. The van der Waals surface area contributed by atoms with E-state index in [4.69, 9.17) is 37.9 Å². The van der Waals surface area contributed by atoms with Crippen LogP contribution in [0.5, 0.6) is 40.2 Å².